The number of hydrogen-bond acceptors (Lipinski definition) is 3. The first-order chi connectivity index (χ1) is 10.0. The Kier molecular flexibility index (Phi) is 5.45. The lowest BCUT2D eigenvalue weighted by atomic mass is 10.0. The lowest BCUT2D eigenvalue weighted by Gasteiger charge is -2.26. The van der Waals surface area contributed by atoms with Gasteiger partial charge >= 0.3 is 12.0 Å². The molecule has 0 aromatic heterocycles. The summed E-state index contributed by atoms with van der Waals surface area (Å²) in [7, 11) is 2.16. The molecule has 3 unspecified atom stereocenters. The van der Waals surface area contributed by atoms with E-state index in [0.29, 0.717) is 18.6 Å². The number of likely N-dealkylation sites (tertiary alicyclic amines) is 1. The summed E-state index contributed by atoms with van der Waals surface area (Å²) in [6.45, 7) is 3.99. The minimum absolute atomic E-state index is 0.0116. The topological polar surface area (TPSA) is 72.9 Å². The van der Waals surface area contributed by atoms with E-state index in [4.69, 9.17) is 5.11 Å². The van der Waals surface area contributed by atoms with Crippen molar-refractivity contribution in [1.82, 2.24) is 15.1 Å². The van der Waals surface area contributed by atoms with Gasteiger partial charge in [0.2, 0.25) is 0 Å². The second-order valence-corrected chi connectivity index (χ2v) is 6.34. The molecule has 2 heterocycles. The number of carboxylic acids is 1. The highest BCUT2D eigenvalue weighted by Gasteiger charge is 2.35. The zero-order valence-corrected chi connectivity index (χ0v) is 13.0. The van der Waals surface area contributed by atoms with Crippen LogP contribution in [0.3, 0.4) is 0 Å². The fraction of sp³-hybridized carbons (Fsp3) is 0.867. The van der Waals surface area contributed by atoms with Gasteiger partial charge in [0.05, 0.1) is 0 Å². The van der Waals surface area contributed by atoms with E-state index in [9.17, 15) is 9.59 Å². The van der Waals surface area contributed by atoms with Gasteiger partial charge < -0.3 is 15.3 Å². The Morgan fingerprint density at radius 2 is 2.00 bits per heavy atom. The van der Waals surface area contributed by atoms with Crippen molar-refractivity contribution in [2.45, 2.75) is 51.1 Å². The summed E-state index contributed by atoms with van der Waals surface area (Å²) in [5.74, 6) is -0.789. The molecule has 2 saturated heterocycles. The van der Waals surface area contributed by atoms with Gasteiger partial charge in [-0.1, -0.05) is 13.3 Å². The molecule has 0 aromatic rings. The van der Waals surface area contributed by atoms with Gasteiger partial charge in [-0.15, -0.1) is 0 Å². The number of hydrogen-bond donors (Lipinski definition) is 2. The summed E-state index contributed by atoms with van der Waals surface area (Å²) in [4.78, 5) is 27.3. The molecule has 2 rings (SSSR count). The smallest absolute Gasteiger partial charge is 0.317 e. The van der Waals surface area contributed by atoms with E-state index in [0.717, 1.165) is 25.9 Å². The highest BCUT2D eigenvalue weighted by atomic mass is 16.4. The van der Waals surface area contributed by atoms with Crippen molar-refractivity contribution in [3.05, 3.63) is 0 Å². The first-order valence-electron chi connectivity index (χ1n) is 7.97. The van der Waals surface area contributed by atoms with E-state index >= 15 is 0 Å². The maximum Gasteiger partial charge on any atom is 0.317 e. The van der Waals surface area contributed by atoms with Crippen molar-refractivity contribution < 1.29 is 14.7 Å². The van der Waals surface area contributed by atoms with Gasteiger partial charge in [0.25, 0.3) is 0 Å². The maximum atomic E-state index is 12.3. The molecule has 6 heteroatoms. The van der Waals surface area contributed by atoms with E-state index in [1.165, 1.54) is 12.8 Å². The molecule has 2 N–H and O–H groups in total. The van der Waals surface area contributed by atoms with Crippen LogP contribution in [0.1, 0.15) is 39.0 Å². The van der Waals surface area contributed by atoms with Gasteiger partial charge in [0, 0.05) is 38.1 Å². The molecule has 21 heavy (non-hydrogen) atoms. The van der Waals surface area contributed by atoms with Crippen LogP contribution in [0.15, 0.2) is 0 Å². The first-order valence-corrected chi connectivity index (χ1v) is 7.97. The third-order valence-corrected chi connectivity index (χ3v) is 5.02. The highest BCUT2D eigenvalue weighted by Crippen LogP contribution is 2.28. The van der Waals surface area contributed by atoms with Crippen LogP contribution in [-0.2, 0) is 4.79 Å². The Bertz CT molecular complexity index is 388. The highest BCUT2D eigenvalue weighted by molar-refractivity contribution is 5.74. The van der Waals surface area contributed by atoms with Crippen LogP contribution in [0.4, 0.5) is 4.79 Å². The molecule has 0 aliphatic carbocycles. The van der Waals surface area contributed by atoms with Gasteiger partial charge in [-0.05, 0) is 32.2 Å². The molecule has 0 spiro atoms. The number of urea groups is 1. The zero-order valence-electron chi connectivity index (χ0n) is 13.0. The molecule has 2 aliphatic heterocycles. The molecule has 2 aliphatic rings. The second-order valence-electron chi connectivity index (χ2n) is 6.34. The summed E-state index contributed by atoms with van der Waals surface area (Å²) < 4.78 is 0. The molecule has 2 amide bonds. The zero-order chi connectivity index (χ0) is 15.4. The van der Waals surface area contributed by atoms with Gasteiger partial charge in [0.15, 0.2) is 0 Å². The number of amides is 2. The first kappa shape index (κ1) is 16.1. The molecule has 2 fully saturated rings. The Morgan fingerprint density at radius 1 is 1.29 bits per heavy atom. The van der Waals surface area contributed by atoms with Crippen molar-refractivity contribution in [3.63, 3.8) is 0 Å². The minimum atomic E-state index is -0.801. The Labute approximate surface area is 126 Å². The number of fused-ring (bicyclic) bond motifs is 2. The van der Waals surface area contributed by atoms with Crippen LogP contribution in [0.2, 0.25) is 0 Å². The summed E-state index contributed by atoms with van der Waals surface area (Å²) in [5.41, 5.74) is 0. The van der Waals surface area contributed by atoms with Crippen LogP contribution >= 0.6 is 0 Å². The third kappa shape index (κ3) is 4.09. The second kappa shape index (κ2) is 7.11. The van der Waals surface area contributed by atoms with Gasteiger partial charge in [-0.25, -0.2) is 4.79 Å². The lowest BCUT2D eigenvalue weighted by Crippen LogP contribution is -2.46. The summed E-state index contributed by atoms with van der Waals surface area (Å²) in [6.07, 6.45) is 4.33. The molecule has 120 valence electrons. The van der Waals surface area contributed by atoms with E-state index in [1.54, 1.807) is 0 Å². The number of nitrogens with zero attached hydrogens (tertiary/aromatic N) is 2. The number of aliphatic carboxylic acids is 1. The van der Waals surface area contributed by atoms with Crippen LogP contribution in [0.25, 0.3) is 0 Å². The average molecular weight is 297 g/mol. The van der Waals surface area contributed by atoms with Crippen molar-refractivity contribution in [2.75, 3.05) is 26.7 Å². The quantitative estimate of drug-likeness (QED) is 0.804. The van der Waals surface area contributed by atoms with E-state index in [1.807, 2.05) is 11.8 Å². The third-order valence-electron chi connectivity index (χ3n) is 5.02. The molecule has 0 radical (unpaired) electrons. The van der Waals surface area contributed by atoms with Gasteiger partial charge in [-0.3, -0.25) is 9.69 Å². The number of nitrogens with one attached hydrogen (secondary N) is 1. The summed E-state index contributed by atoms with van der Waals surface area (Å²) in [5, 5.41) is 11.8. The van der Waals surface area contributed by atoms with Crippen molar-refractivity contribution in [1.29, 1.82) is 0 Å². The van der Waals surface area contributed by atoms with E-state index in [2.05, 4.69) is 17.3 Å². The standard InChI is InChI=1S/C15H27N3O3/c1-3-11(8-14(19)20)9-16-15(21)18-7-6-12-4-5-13(10-18)17(12)2/h11-13H,3-10H2,1-2H3,(H,16,21)(H,19,20). The fourth-order valence-electron chi connectivity index (χ4n) is 3.44. The van der Waals surface area contributed by atoms with Gasteiger partial charge in [-0.2, -0.15) is 0 Å². The predicted molar refractivity (Wildman–Crippen MR) is 80.2 cm³/mol. The number of rotatable bonds is 5. The molecular weight excluding hydrogens is 270 g/mol. The average Bonchev–Trinajstić information content (AvgIpc) is 2.67. The van der Waals surface area contributed by atoms with Crippen LogP contribution < -0.4 is 5.32 Å². The number of carbonyl (C=O) groups excluding carboxylic acids is 1. The normalized spacial score (nSPS) is 27.2. The van der Waals surface area contributed by atoms with Crippen molar-refractivity contribution >= 4 is 12.0 Å². The van der Waals surface area contributed by atoms with Crippen molar-refractivity contribution in [2.24, 2.45) is 5.92 Å². The van der Waals surface area contributed by atoms with Crippen molar-refractivity contribution in [3.8, 4) is 0 Å². The monoisotopic (exact) mass is 297 g/mol. The Balaban J connectivity index is 1.81. The number of likely N-dealkylation sites (N-methyl/N-ethyl adjacent to an activating group) is 1. The molecule has 0 aromatic carbocycles. The Morgan fingerprint density at radius 3 is 2.67 bits per heavy atom. The van der Waals surface area contributed by atoms with E-state index in [-0.39, 0.29) is 18.4 Å². The lowest BCUT2D eigenvalue weighted by molar-refractivity contribution is -0.138. The molecule has 6 nitrogen and oxygen atoms in total. The predicted octanol–water partition coefficient (Wildman–Crippen LogP) is 1.37. The summed E-state index contributed by atoms with van der Waals surface area (Å²) >= 11 is 0. The molecule has 2 bridgehead atoms. The molecular formula is C15H27N3O3. The largest absolute Gasteiger partial charge is 0.481 e. The summed E-state index contributed by atoms with van der Waals surface area (Å²) in [6, 6.07) is 1.05. The van der Waals surface area contributed by atoms with Crippen LogP contribution in [0, 0.1) is 5.92 Å². The van der Waals surface area contributed by atoms with Crippen LogP contribution in [0.5, 0.6) is 0 Å². The minimum Gasteiger partial charge on any atom is -0.481 e. The molecule has 3 atom stereocenters. The van der Waals surface area contributed by atoms with E-state index < -0.39 is 5.97 Å². The Hall–Kier alpha value is -1.30. The maximum absolute atomic E-state index is 12.3. The fourth-order valence-corrected chi connectivity index (χ4v) is 3.44. The SMILES string of the molecule is CCC(CNC(=O)N1CCC2CCC(C1)N2C)CC(=O)O. The molecule has 0 saturated carbocycles. The number of carboxylic acid groups (broad SMARTS) is 1. The number of carbonyl (C=O) groups is 2. The van der Waals surface area contributed by atoms with Crippen LogP contribution in [-0.4, -0.2) is 65.7 Å². The van der Waals surface area contributed by atoms with Gasteiger partial charge in [0.1, 0.15) is 0 Å².